The summed E-state index contributed by atoms with van der Waals surface area (Å²) >= 11 is 0. The molecule has 2 heterocycles. The van der Waals surface area contributed by atoms with Gasteiger partial charge in [0, 0.05) is 19.2 Å². The van der Waals surface area contributed by atoms with E-state index in [4.69, 9.17) is 14.6 Å². The number of nitrogens with zero attached hydrogens (tertiary/aromatic N) is 2. The quantitative estimate of drug-likeness (QED) is 0.524. The van der Waals surface area contributed by atoms with Gasteiger partial charge in [-0.2, -0.15) is 5.10 Å². The van der Waals surface area contributed by atoms with Crippen LogP contribution in [0.25, 0.3) is 0 Å². The summed E-state index contributed by atoms with van der Waals surface area (Å²) in [4.78, 5) is 12.4. The van der Waals surface area contributed by atoms with Crippen molar-refractivity contribution < 1.29 is 9.47 Å². The van der Waals surface area contributed by atoms with Crippen LogP contribution in [0.1, 0.15) is 48.4 Å². The number of hydrogen-bond donors (Lipinski definition) is 0. The summed E-state index contributed by atoms with van der Waals surface area (Å²) < 4.78 is 12.9. The van der Waals surface area contributed by atoms with E-state index in [-0.39, 0.29) is 17.8 Å². The Morgan fingerprint density at radius 3 is 2.30 bits per heavy atom. The molecule has 1 aliphatic heterocycles. The Morgan fingerprint density at radius 1 is 0.967 bits per heavy atom. The summed E-state index contributed by atoms with van der Waals surface area (Å²) in [6, 6.07) is 24.0. The van der Waals surface area contributed by atoms with Crippen molar-refractivity contribution >= 4 is 0 Å². The van der Waals surface area contributed by atoms with Crippen molar-refractivity contribution in [1.29, 1.82) is 0 Å². The molecule has 0 saturated carbocycles. The zero-order valence-corrected chi connectivity index (χ0v) is 17.2. The van der Waals surface area contributed by atoms with E-state index in [0.29, 0.717) is 13.2 Å². The first-order valence-electron chi connectivity index (χ1n) is 10.7. The predicted molar refractivity (Wildman–Crippen MR) is 116 cm³/mol. The number of hydrogen-bond acceptors (Lipinski definition) is 4. The first-order valence-corrected chi connectivity index (χ1v) is 10.7. The molecule has 1 unspecified atom stereocenters. The van der Waals surface area contributed by atoms with Crippen LogP contribution < -0.4 is 5.56 Å². The Hall–Kier alpha value is -2.76. The highest BCUT2D eigenvalue weighted by Crippen LogP contribution is 2.29. The lowest BCUT2D eigenvalue weighted by Gasteiger charge is -2.22. The predicted octanol–water partition coefficient (Wildman–Crippen LogP) is 4.36. The normalized spacial score (nSPS) is 16.6. The summed E-state index contributed by atoms with van der Waals surface area (Å²) in [6.07, 6.45) is 3.82. The van der Waals surface area contributed by atoms with E-state index in [1.807, 2.05) is 42.5 Å². The molecule has 2 aromatic carbocycles. The van der Waals surface area contributed by atoms with E-state index in [9.17, 15) is 4.79 Å². The minimum absolute atomic E-state index is 0.0221. The molecule has 0 bridgehead atoms. The van der Waals surface area contributed by atoms with Crippen LogP contribution in [-0.4, -0.2) is 29.3 Å². The van der Waals surface area contributed by atoms with Gasteiger partial charge in [-0.25, -0.2) is 4.68 Å². The fourth-order valence-electron chi connectivity index (χ4n) is 3.88. The Morgan fingerprint density at radius 2 is 1.67 bits per heavy atom. The fraction of sp³-hybridized carbons (Fsp3) is 0.360. The SMILES string of the molecule is O=c1ccc(C(c2ccccc2)c2ccccc2)nn1CCCOC1CCCCO1. The summed E-state index contributed by atoms with van der Waals surface area (Å²) in [6.45, 7) is 1.85. The maximum absolute atomic E-state index is 12.4. The van der Waals surface area contributed by atoms with Crippen LogP contribution in [0, 0.1) is 0 Å². The number of aromatic nitrogens is 2. The lowest BCUT2D eigenvalue weighted by atomic mass is 9.88. The van der Waals surface area contributed by atoms with E-state index in [1.54, 1.807) is 10.7 Å². The van der Waals surface area contributed by atoms with Gasteiger partial charge in [0.1, 0.15) is 0 Å². The lowest BCUT2D eigenvalue weighted by molar-refractivity contribution is -0.163. The van der Waals surface area contributed by atoms with Crippen LogP contribution in [-0.2, 0) is 16.0 Å². The highest BCUT2D eigenvalue weighted by molar-refractivity contribution is 5.39. The molecule has 0 aliphatic carbocycles. The van der Waals surface area contributed by atoms with Gasteiger partial charge in [0.25, 0.3) is 5.56 Å². The Bertz CT molecular complexity index is 927. The lowest BCUT2D eigenvalue weighted by Crippen LogP contribution is -2.26. The van der Waals surface area contributed by atoms with Gasteiger partial charge in [-0.15, -0.1) is 0 Å². The van der Waals surface area contributed by atoms with Crippen LogP contribution in [0.5, 0.6) is 0 Å². The molecule has 1 aromatic heterocycles. The zero-order valence-electron chi connectivity index (χ0n) is 17.2. The van der Waals surface area contributed by atoms with Crippen LogP contribution in [0.2, 0.25) is 0 Å². The van der Waals surface area contributed by atoms with Crippen LogP contribution in [0.4, 0.5) is 0 Å². The number of benzene rings is 2. The average molecular weight is 405 g/mol. The third-order valence-corrected chi connectivity index (χ3v) is 5.40. The minimum Gasteiger partial charge on any atom is -0.353 e. The van der Waals surface area contributed by atoms with Gasteiger partial charge in [0.05, 0.1) is 18.2 Å². The molecule has 0 spiro atoms. The van der Waals surface area contributed by atoms with Gasteiger partial charge in [-0.1, -0.05) is 60.7 Å². The van der Waals surface area contributed by atoms with E-state index >= 15 is 0 Å². The Kier molecular flexibility index (Phi) is 7.06. The molecule has 0 N–H and O–H groups in total. The zero-order chi connectivity index (χ0) is 20.6. The number of aryl methyl sites for hydroxylation is 1. The van der Waals surface area contributed by atoms with Gasteiger partial charge in [-0.3, -0.25) is 4.79 Å². The molecule has 1 fully saturated rings. The second-order valence-electron chi connectivity index (χ2n) is 7.59. The number of rotatable bonds is 8. The minimum atomic E-state index is -0.102. The van der Waals surface area contributed by atoms with Gasteiger partial charge in [-0.05, 0) is 42.9 Å². The first kappa shape index (κ1) is 20.5. The molecule has 0 amide bonds. The standard InChI is InChI=1S/C25H28N2O3/c28-23-16-15-22(26-27(23)17-9-19-30-24-14-7-8-18-29-24)25(20-10-3-1-4-11-20)21-12-5-2-6-13-21/h1-6,10-13,15-16,24-25H,7-9,14,17-19H2. The third kappa shape index (κ3) is 5.23. The molecular weight excluding hydrogens is 376 g/mol. The van der Waals surface area contributed by atoms with Crippen molar-refractivity contribution in [2.75, 3.05) is 13.2 Å². The first-order chi connectivity index (χ1) is 14.8. The smallest absolute Gasteiger partial charge is 0.266 e. The molecule has 0 radical (unpaired) electrons. The largest absolute Gasteiger partial charge is 0.353 e. The van der Waals surface area contributed by atoms with E-state index in [2.05, 4.69) is 24.3 Å². The highest BCUT2D eigenvalue weighted by Gasteiger charge is 2.19. The molecular formula is C25H28N2O3. The van der Waals surface area contributed by atoms with Crippen LogP contribution >= 0.6 is 0 Å². The summed E-state index contributed by atoms with van der Waals surface area (Å²) in [7, 11) is 0. The van der Waals surface area contributed by atoms with Crippen molar-refractivity contribution in [3.63, 3.8) is 0 Å². The monoisotopic (exact) mass is 404 g/mol. The molecule has 5 heteroatoms. The summed E-state index contributed by atoms with van der Waals surface area (Å²) in [5.74, 6) is -0.0221. The molecule has 156 valence electrons. The van der Waals surface area contributed by atoms with Gasteiger partial charge >= 0.3 is 0 Å². The van der Waals surface area contributed by atoms with Crippen molar-refractivity contribution in [2.24, 2.45) is 0 Å². The van der Waals surface area contributed by atoms with Crippen molar-refractivity contribution in [3.05, 3.63) is 100.0 Å². The molecule has 1 aliphatic rings. The van der Waals surface area contributed by atoms with E-state index < -0.39 is 0 Å². The van der Waals surface area contributed by atoms with Crippen LogP contribution in [0.15, 0.2) is 77.6 Å². The Balaban J connectivity index is 1.50. The highest BCUT2D eigenvalue weighted by atomic mass is 16.7. The Labute approximate surface area is 177 Å². The van der Waals surface area contributed by atoms with Crippen molar-refractivity contribution in [3.8, 4) is 0 Å². The summed E-state index contributed by atoms with van der Waals surface area (Å²) in [5.41, 5.74) is 3.08. The molecule has 5 nitrogen and oxygen atoms in total. The summed E-state index contributed by atoms with van der Waals surface area (Å²) in [5, 5.41) is 4.73. The second-order valence-corrected chi connectivity index (χ2v) is 7.59. The molecule has 1 atom stereocenters. The van der Waals surface area contributed by atoms with Gasteiger partial charge in [0.15, 0.2) is 6.29 Å². The van der Waals surface area contributed by atoms with Gasteiger partial charge in [0.2, 0.25) is 0 Å². The van der Waals surface area contributed by atoms with Gasteiger partial charge < -0.3 is 9.47 Å². The topological polar surface area (TPSA) is 53.4 Å². The molecule has 4 rings (SSSR count). The maximum atomic E-state index is 12.4. The van der Waals surface area contributed by atoms with E-state index in [1.165, 1.54) is 0 Å². The van der Waals surface area contributed by atoms with Crippen molar-refractivity contribution in [2.45, 2.75) is 44.4 Å². The molecule has 3 aromatic rings. The molecule has 1 saturated heterocycles. The molecule has 30 heavy (non-hydrogen) atoms. The number of ether oxygens (including phenoxy) is 2. The maximum Gasteiger partial charge on any atom is 0.266 e. The fourth-order valence-corrected chi connectivity index (χ4v) is 3.88. The second kappa shape index (κ2) is 10.3. The van der Waals surface area contributed by atoms with Crippen molar-refractivity contribution in [1.82, 2.24) is 9.78 Å². The third-order valence-electron chi connectivity index (χ3n) is 5.40. The average Bonchev–Trinajstić information content (AvgIpc) is 2.81. The van der Waals surface area contributed by atoms with Crippen LogP contribution in [0.3, 0.4) is 0 Å². The van der Waals surface area contributed by atoms with E-state index in [0.717, 1.165) is 49.1 Å².